The topological polar surface area (TPSA) is 56.1 Å². The first-order valence-corrected chi connectivity index (χ1v) is 6.29. The Morgan fingerprint density at radius 2 is 2.12 bits per heavy atom. The van der Waals surface area contributed by atoms with Gasteiger partial charge in [-0.05, 0) is 12.8 Å². The van der Waals surface area contributed by atoms with Crippen molar-refractivity contribution in [1.82, 2.24) is 10.2 Å². The van der Waals surface area contributed by atoms with Crippen LogP contribution < -0.4 is 5.32 Å². The highest BCUT2D eigenvalue weighted by molar-refractivity contribution is 5.80. The second-order valence-corrected chi connectivity index (χ2v) is 4.85. The molecule has 1 aliphatic heterocycles. The van der Waals surface area contributed by atoms with Crippen molar-refractivity contribution < 1.29 is 9.18 Å². The summed E-state index contributed by atoms with van der Waals surface area (Å²) < 4.78 is 13.0. The summed E-state index contributed by atoms with van der Waals surface area (Å²) in [4.78, 5) is 13.0. The van der Waals surface area contributed by atoms with Crippen LogP contribution in [-0.4, -0.2) is 42.2 Å². The van der Waals surface area contributed by atoms with Gasteiger partial charge in [-0.3, -0.25) is 4.79 Å². The van der Waals surface area contributed by atoms with Crippen LogP contribution in [0.25, 0.3) is 0 Å². The maximum atomic E-state index is 13.0. The predicted octanol–water partition coefficient (Wildman–Crippen LogP) is 0.981. The third-order valence-electron chi connectivity index (χ3n) is 3.65. The van der Waals surface area contributed by atoms with Crippen molar-refractivity contribution in [2.24, 2.45) is 0 Å². The highest BCUT2D eigenvalue weighted by atomic mass is 19.1. The molecule has 2 rings (SSSR count). The van der Waals surface area contributed by atoms with Gasteiger partial charge >= 0.3 is 0 Å². The number of alkyl halides is 1. The van der Waals surface area contributed by atoms with Gasteiger partial charge in [-0.15, -0.1) is 0 Å². The molecule has 17 heavy (non-hydrogen) atoms. The van der Waals surface area contributed by atoms with Crippen LogP contribution >= 0.6 is 0 Å². The van der Waals surface area contributed by atoms with E-state index in [9.17, 15) is 9.18 Å². The van der Waals surface area contributed by atoms with Crippen LogP contribution in [0.1, 0.15) is 32.1 Å². The number of likely N-dealkylation sites (tertiary alicyclic amines) is 1. The van der Waals surface area contributed by atoms with Gasteiger partial charge in [-0.2, -0.15) is 5.26 Å². The summed E-state index contributed by atoms with van der Waals surface area (Å²) in [6, 6.07) is 1.37. The molecule has 1 saturated heterocycles. The first-order valence-electron chi connectivity index (χ1n) is 6.29. The molecule has 5 heteroatoms. The average Bonchev–Trinajstić information content (AvgIpc) is 2.35. The van der Waals surface area contributed by atoms with Gasteiger partial charge < -0.3 is 10.2 Å². The molecule has 0 aromatic heterocycles. The fourth-order valence-electron chi connectivity index (χ4n) is 2.51. The van der Waals surface area contributed by atoms with E-state index in [1.807, 2.05) is 6.07 Å². The molecular formula is C12H18FN3O. The molecule has 0 aromatic carbocycles. The van der Waals surface area contributed by atoms with Crippen LogP contribution in [0.3, 0.4) is 0 Å². The number of carbonyl (C=O) groups excluding carboxylic acids is 1. The summed E-state index contributed by atoms with van der Waals surface area (Å²) in [5, 5.41) is 11.9. The lowest BCUT2D eigenvalue weighted by Gasteiger charge is -2.39. The average molecular weight is 239 g/mol. The van der Waals surface area contributed by atoms with E-state index in [1.165, 1.54) is 24.2 Å². The fraction of sp³-hybridized carbons (Fsp3) is 0.833. The number of hydrogen-bond donors (Lipinski definition) is 1. The molecule has 0 aromatic rings. The number of hydrogen-bond acceptors (Lipinski definition) is 3. The van der Waals surface area contributed by atoms with Gasteiger partial charge in [0.05, 0.1) is 19.2 Å². The van der Waals surface area contributed by atoms with E-state index in [0.717, 1.165) is 12.8 Å². The standard InChI is InChI=1S/C12H18FN3O/c13-10-8-16(11(10)6-14)12(17)7-15-9-4-2-1-3-5-9/h9-11,15H,1-5,7-8H2. The van der Waals surface area contributed by atoms with Crippen molar-refractivity contribution in [3.05, 3.63) is 0 Å². The summed E-state index contributed by atoms with van der Waals surface area (Å²) in [6.45, 7) is 0.305. The van der Waals surface area contributed by atoms with Gasteiger partial charge in [0.1, 0.15) is 0 Å². The Morgan fingerprint density at radius 3 is 2.71 bits per heavy atom. The molecule has 2 atom stereocenters. The fourth-order valence-corrected chi connectivity index (χ4v) is 2.51. The number of nitrogens with one attached hydrogen (secondary N) is 1. The van der Waals surface area contributed by atoms with Crippen LogP contribution in [0.5, 0.6) is 0 Å². The molecule has 2 aliphatic rings. The van der Waals surface area contributed by atoms with E-state index in [2.05, 4.69) is 5.32 Å². The van der Waals surface area contributed by atoms with E-state index in [4.69, 9.17) is 5.26 Å². The number of nitriles is 1. The molecule has 94 valence electrons. The third kappa shape index (κ3) is 2.75. The highest BCUT2D eigenvalue weighted by Crippen LogP contribution is 2.21. The molecule has 1 aliphatic carbocycles. The highest BCUT2D eigenvalue weighted by Gasteiger charge is 2.42. The van der Waals surface area contributed by atoms with Gasteiger partial charge in [-0.1, -0.05) is 19.3 Å². The number of halogens is 1. The zero-order valence-electron chi connectivity index (χ0n) is 9.86. The lowest BCUT2D eigenvalue weighted by atomic mass is 9.95. The quantitative estimate of drug-likeness (QED) is 0.798. The maximum Gasteiger partial charge on any atom is 0.237 e. The van der Waals surface area contributed by atoms with Crippen LogP contribution in [-0.2, 0) is 4.79 Å². The van der Waals surface area contributed by atoms with Crippen molar-refractivity contribution in [2.75, 3.05) is 13.1 Å². The predicted molar refractivity (Wildman–Crippen MR) is 60.9 cm³/mol. The van der Waals surface area contributed by atoms with Gasteiger partial charge in [0.25, 0.3) is 0 Å². The van der Waals surface area contributed by atoms with E-state index < -0.39 is 12.2 Å². The second kappa shape index (κ2) is 5.46. The Balaban J connectivity index is 1.72. The van der Waals surface area contributed by atoms with Crippen LogP contribution in [0.2, 0.25) is 0 Å². The number of amides is 1. The van der Waals surface area contributed by atoms with Crippen molar-refractivity contribution in [3.8, 4) is 6.07 Å². The van der Waals surface area contributed by atoms with Crippen molar-refractivity contribution in [2.45, 2.75) is 50.4 Å². The lowest BCUT2D eigenvalue weighted by molar-refractivity contribution is -0.140. The summed E-state index contributed by atoms with van der Waals surface area (Å²) in [7, 11) is 0. The molecule has 4 nitrogen and oxygen atoms in total. The van der Waals surface area contributed by atoms with Crippen molar-refractivity contribution >= 4 is 5.91 Å². The molecule has 0 radical (unpaired) electrons. The van der Waals surface area contributed by atoms with Crippen molar-refractivity contribution in [3.63, 3.8) is 0 Å². The Morgan fingerprint density at radius 1 is 1.41 bits per heavy atom. The molecule has 0 spiro atoms. The molecule has 1 amide bonds. The number of carbonyl (C=O) groups is 1. The third-order valence-corrected chi connectivity index (χ3v) is 3.65. The smallest absolute Gasteiger partial charge is 0.237 e. The van der Waals surface area contributed by atoms with Crippen molar-refractivity contribution in [1.29, 1.82) is 5.26 Å². The molecule has 2 fully saturated rings. The zero-order chi connectivity index (χ0) is 12.3. The minimum atomic E-state index is -1.17. The molecule has 2 unspecified atom stereocenters. The minimum Gasteiger partial charge on any atom is -0.320 e. The van der Waals surface area contributed by atoms with E-state index >= 15 is 0 Å². The normalized spacial score (nSPS) is 29.5. The van der Waals surface area contributed by atoms with Crippen LogP contribution in [0, 0.1) is 11.3 Å². The lowest BCUT2D eigenvalue weighted by Crippen LogP contribution is -2.61. The van der Waals surface area contributed by atoms with Crippen LogP contribution in [0.15, 0.2) is 0 Å². The van der Waals surface area contributed by atoms with Gasteiger partial charge in [-0.25, -0.2) is 4.39 Å². The minimum absolute atomic E-state index is 0.0728. The maximum absolute atomic E-state index is 13.0. The molecule has 1 N–H and O–H groups in total. The van der Waals surface area contributed by atoms with Gasteiger partial charge in [0.15, 0.2) is 12.2 Å². The second-order valence-electron chi connectivity index (χ2n) is 4.85. The zero-order valence-corrected chi connectivity index (χ0v) is 9.86. The Hall–Kier alpha value is -1.15. The summed E-state index contributed by atoms with van der Waals surface area (Å²) in [5.41, 5.74) is 0. The Bertz CT molecular complexity index is 322. The monoisotopic (exact) mass is 239 g/mol. The van der Waals surface area contributed by atoms with E-state index in [0.29, 0.717) is 6.04 Å². The van der Waals surface area contributed by atoms with Gasteiger partial charge in [0.2, 0.25) is 5.91 Å². The Labute approximate surface area is 101 Å². The molecular weight excluding hydrogens is 221 g/mol. The first kappa shape index (κ1) is 12.3. The largest absolute Gasteiger partial charge is 0.320 e. The SMILES string of the molecule is N#CC1C(F)CN1C(=O)CNC1CCCCC1. The summed E-state index contributed by atoms with van der Waals surface area (Å²) in [6.07, 6.45) is 4.75. The molecule has 1 saturated carbocycles. The van der Waals surface area contributed by atoms with Crippen LogP contribution in [0.4, 0.5) is 4.39 Å². The molecule has 1 heterocycles. The van der Waals surface area contributed by atoms with E-state index in [-0.39, 0.29) is 19.0 Å². The Kier molecular flexibility index (Phi) is 3.95. The number of rotatable bonds is 3. The molecule has 0 bridgehead atoms. The van der Waals surface area contributed by atoms with Gasteiger partial charge in [0, 0.05) is 6.04 Å². The first-order chi connectivity index (χ1) is 8.22. The number of nitrogens with zero attached hydrogens (tertiary/aromatic N) is 2. The summed E-state index contributed by atoms with van der Waals surface area (Å²) >= 11 is 0. The summed E-state index contributed by atoms with van der Waals surface area (Å²) in [5.74, 6) is -0.156. The van der Waals surface area contributed by atoms with E-state index in [1.54, 1.807) is 0 Å².